The molecule has 0 bridgehead atoms. The molecule has 0 aromatic heterocycles. The fourth-order valence-electron chi connectivity index (χ4n) is 4.04. The lowest BCUT2D eigenvalue weighted by molar-refractivity contribution is -0.150. The van der Waals surface area contributed by atoms with Crippen LogP contribution in [-0.4, -0.2) is 39.6 Å². The number of benzene rings is 2. The first-order chi connectivity index (χ1) is 15.0. The van der Waals surface area contributed by atoms with Gasteiger partial charge in [0.1, 0.15) is 6.10 Å². The number of carbonyl (C=O) groups excluding carboxylic acids is 2. The van der Waals surface area contributed by atoms with Crippen LogP contribution < -0.4 is 18.9 Å². The number of hydrogen-bond donors (Lipinski definition) is 0. The van der Waals surface area contributed by atoms with Gasteiger partial charge in [-0.3, -0.25) is 9.59 Å². The van der Waals surface area contributed by atoms with Crippen molar-refractivity contribution in [2.24, 2.45) is 11.8 Å². The molecule has 2 aliphatic heterocycles. The Morgan fingerprint density at radius 1 is 1.03 bits per heavy atom. The Labute approximate surface area is 179 Å². The van der Waals surface area contributed by atoms with E-state index in [1.165, 1.54) is 14.0 Å². The molecule has 3 atom stereocenters. The molecular weight excluding hydrogens is 404 g/mol. The number of fused-ring (bicyclic) bond motifs is 1. The van der Waals surface area contributed by atoms with E-state index in [1.54, 1.807) is 25.3 Å². The van der Waals surface area contributed by atoms with Crippen molar-refractivity contribution in [1.29, 1.82) is 0 Å². The van der Waals surface area contributed by atoms with Crippen LogP contribution >= 0.6 is 0 Å². The first-order valence-electron chi connectivity index (χ1n) is 9.94. The molecule has 0 amide bonds. The van der Waals surface area contributed by atoms with Gasteiger partial charge in [0.05, 0.1) is 26.7 Å². The molecule has 0 N–H and O–H groups in total. The van der Waals surface area contributed by atoms with Gasteiger partial charge >= 0.3 is 11.9 Å². The fraction of sp³-hybridized carbons (Fsp3) is 0.391. The summed E-state index contributed by atoms with van der Waals surface area (Å²) in [6.45, 7) is 1.68. The molecule has 2 aromatic carbocycles. The third-order valence-electron chi connectivity index (χ3n) is 5.55. The molecule has 2 heterocycles. The number of cyclic esters (lactones) is 1. The molecule has 31 heavy (non-hydrogen) atoms. The van der Waals surface area contributed by atoms with E-state index in [0.717, 1.165) is 5.56 Å². The van der Waals surface area contributed by atoms with Crippen LogP contribution in [0, 0.1) is 11.8 Å². The van der Waals surface area contributed by atoms with E-state index in [2.05, 4.69) is 0 Å². The van der Waals surface area contributed by atoms with Gasteiger partial charge in [-0.25, -0.2) is 0 Å². The Bertz CT molecular complexity index is 986. The molecule has 8 heteroatoms. The summed E-state index contributed by atoms with van der Waals surface area (Å²) in [5, 5.41) is 0. The summed E-state index contributed by atoms with van der Waals surface area (Å²) in [4.78, 5) is 24.5. The van der Waals surface area contributed by atoms with E-state index in [-0.39, 0.29) is 25.3 Å². The highest BCUT2D eigenvalue weighted by Gasteiger charge is 2.44. The normalized spacial score (nSPS) is 20.2. The second-order valence-electron chi connectivity index (χ2n) is 7.44. The molecular formula is C23H24O8. The van der Waals surface area contributed by atoms with Gasteiger partial charge < -0.3 is 28.4 Å². The maximum atomic E-state index is 12.6. The third kappa shape index (κ3) is 4.23. The number of methoxy groups -OCH3 is 2. The Morgan fingerprint density at radius 2 is 1.81 bits per heavy atom. The Kier molecular flexibility index (Phi) is 5.88. The topological polar surface area (TPSA) is 89.5 Å². The van der Waals surface area contributed by atoms with E-state index in [0.29, 0.717) is 35.0 Å². The average molecular weight is 428 g/mol. The van der Waals surface area contributed by atoms with Crippen LogP contribution in [0.5, 0.6) is 23.0 Å². The Hall–Kier alpha value is -3.42. The molecule has 0 saturated carbocycles. The van der Waals surface area contributed by atoms with Gasteiger partial charge in [0.15, 0.2) is 23.0 Å². The molecule has 0 aliphatic carbocycles. The molecule has 1 saturated heterocycles. The third-order valence-corrected chi connectivity index (χ3v) is 5.55. The van der Waals surface area contributed by atoms with Gasteiger partial charge in [0.2, 0.25) is 6.79 Å². The molecule has 2 aromatic rings. The maximum absolute atomic E-state index is 12.6. The van der Waals surface area contributed by atoms with Crippen molar-refractivity contribution < 1.29 is 38.0 Å². The predicted octanol–water partition coefficient (Wildman–Crippen LogP) is 3.07. The highest BCUT2D eigenvalue weighted by atomic mass is 16.7. The minimum absolute atomic E-state index is 0.153. The van der Waals surface area contributed by atoms with Crippen LogP contribution in [0.1, 0.15) is 24.2 Å². The monoisotopic (exact) mass is 428 g/mol. The van der Waals surface area contributed by atoms with Gasteiger partial charge in [0, 0.05) is 12.8 Å². The predicted molar refractivity (Wildman–Crippen MR) is 108 cm³/mol. The molecule has 164 valence electrons. The first-order valence-corrected chi connectivity index (χ1v) is 9.94. The van der Waals surface area contributed by atoms with Crippen LogP contribution in [0.25, 0.3) is 0 Å². The SMILES string of the molecule is COc1ccc([C@H](OC(C)=O)[C@@H]2COC(=O)[C@H]2Cc2ccc3c(c2)OCO3)cc1OC. The minimum Gasteiger partial charge on any atom is -0.493 e. The van der Waals surface area contributed by atoms with Crippen molar-refractivity contribution in [3.63, 3.8) is 0 Å². The van der Waals surface area contributed by atoms with Crippen molar-refractivity contribution in [2.75, 3.05) is 27.6 Å². The van der Waals surface area contributed by atoms with E-state index < -0.39 is 18.0 Å². The number of rotatable bonds is 7. The van der Waals surface area contributed by atoms with E-state index in [4.69, 9.17) is 28.4 Å². The minimum atomic E-state index is -0.678. The highest BCUT2D eigenvalue weighted by Crippen LogP contribution is 2.41. The van der Waals surface area contributed by atoms with Gasteiger partial charge in [0.25, 0.3) is 0 Å². The molecule has 0 unspecified atom stereocenters. The van der Waals surface area contributed by atoms with E-state index in [1.807, 2.05) is 18.2 Å². The lowest BCUT2D eigenvalue weighted by atomic mass is 9.82. The van der Waals surface area contributed by atoms with Crippen LogP contribution in [0.2, 0.25) is 0 Å². The lowest BCUT2D eigenvalue weighted by Gasteiger charge is -2.26. The number of ether oxygens (including phenoxy) is 6. The van der Waals surface area contributed by atoms with Crippen molar-refractivity contribution >= 4 is 11.9 Å². The largest absolute Gasteiger partial charge is 0.493 e. The standard InChI is InChI=1S/C23H24O8/c1-13(24)31-22(15-5-7-18(26-2)20(10-15)27-3)17-11-28-23(25)16(17)8-14-4-6-19-21(9-14)30-12-29-19/h4-7,9-10,16-17,22H,8,11-12H2,1-3H3/t16-,17+,22-/m0/s1. The van der Waals surface area contributed by atoms with Crippen molar-refractivity contribution in [3.05, 3.63) is 47.5 Å². The lowest BCUT2D eigenvalue weighted by Crippen LogP contribution is -2.27. The zero-order valence-corrected chi connectivity index (χ0v) is 17.6. The van der Waals surface area contributed by atoms with Crippen molar-refractivity contribution in [3.8, 4) is 23.0 Å². The molecule has 8 nitrogen and oxygen atoms in total. The number of hydrogen-bond acceptors (Lipinski definition) is 8. The summed E-state index contributed by atoms with van der Waals surface area (Å²) in [7, 11) is 3.08. The average Bonchev–Trinajstić information content (AvgIpc) is 3.38. The van der Waals surface area contributed by atoms with Gasteiger partial charge in [-0.15, -0.1) is 0 Å². The Morgan fingerprint density at radius 3 is 2.55 bits per heavy atom. The first kappa shape index (κ1) is 20.8. The van der Waals surface area contributed by atoms with Gasteiger partial charge in [-0.1, -0.05) is 12.1 Å². The van der Waals surface area contributed by atoms with Crippen LogP contribution in [-0.2, 0) is 25.5 Å². The highest BCUT2D eigenvalue weighted by molar-refractivity contribution is 5.75. The molecule has 0 spiro atoms. The number of esters is 2. The quantitative estimate of drug-likeness (QED) is 0.622. The zero-order chi connectivity index (χ0) is 22.0. The molecule has 2 aliphatic rings. The summed E-state index contributed by atoms with van der Waals surface area (Å²) >= 11 is 0. The summed E-state index contributed by atoms with van der Waals surface area (Å²) < 4.78 is 32.5. The Balaban J connectivity index is 1.64. The zero-order valence-electron chi connectivity index (χ0n) is 17.6. The van der Waals surface area contributed by atoms with Crippen LogP contribution in [0.4, 0.5) is 0 Å². The van der Waals surface area contributed by atoms with Gasteiger partial charge in [-0.2, -0.15) is 0 Å². The van der Waals surface area contributed by atoms with Gasteiger partial charge in [-0.05, 0) is 41.8 Å². The van der Waals surface area contributed by atoms with Crippen LogP contribution in [0.15, 0.2) is 36.4 Å². The summed E-state index contributed by atoms with van der Waals surface area (Å²) in [6, 6.07) is 10.9. The van der Waals surface area contributed by atoms with E-state index >= 15 is 0 Å². The summed E-state index contributed by atoms with van der Waals surface area (Å²) in [5.74, 6) is 0.784. The molecule has 1 fully saturated rings. The molecule has 4 rings (SSSR count). The summed E-state index contributed by atoms with van der Waals surface area (Å²) in [6.07, 6.45) is -0.256. The second kappa shape index (κ2) is 8.75. The van der Waals surface area contributed by atoms with Crippen molar-refractivity contribution in [2.45, 2.75) is 19.4 Å². The number of carbonyl (C=O) groups is 2. The van der Waals surface area contributed by atoms with E-state index in [9.17, 15) is 9.59 Å². The van der Waals surface area contributed by atoms with Crippen LogP contribution in [0.3, 0.4) is 0 Å². The van der Waals surface area contributed by atoms with Crippen molar-refractivity contribution in [1.82, 2.24) is 0 Å². The smallest absolute Gasteiger partial charge is 0.309 e. The summed E-state index contributed by atoms with van der Waals surface area (Å²) in [5.41, 5.74) is 1.61. The second-order valence-corrected chi connectivity index (χ2v) is 7.44. The fourth-order valence-corrected chi connectivity index (χ4v) is 4.04. The molecule has 0 radical (unpaired) electrons. The maximum Gasteiger partial charge on any atom is 0.309 e.